The number of halogens is 4. The number of rotatable bonds is 2. The maximum Gasteiger partial charge on any atom is 0.0603 e. The standard InChI is InChI=1S/C13H10Br4N2/c14-8-2-6(3-9(15)12(8)18)1-7-4-10(16)13(19)11(17)5-7/h2-5H,1,18-19H2. The quantitative estimate of drug-likeness (QED) is 0.522. The van der Waals surface area contributed by atoms with E-state index < -0.39 is 0 Å². The molecule has 0 aliphatic heterocycles. The van der Waals surface area contributed by atoms with Crippen molar-refractivity contribution in [3.8, 4) is 0 Å². The van der Waals surface area contributed by atoms with Gasteiger partial charge >= 0.3 is 0 Å². The molecule has 0 heterocycles. The maximum atomic E-state index is 5.89. The number of hydrogen-bond donors (Lipinski definition) is 2. The van der Waals surface area contributed by atoms with Gasteiger partial charge in [-0.05, 0) is 106 Å². The van der Waals surface area contributed by atoms with Gasteiger partial charge in [-0.25, -0.2) is 0 Å². The summed E-state index contributed by atoms with van der Waals surface area (Å²) >= 11 is 13.8. The molecule has 0 unspecified atom stereocenters. The van der Waals surface area contributed by atoms with Gasteiger partial charge in [0.05, 0.1) is 11.4 Å². The van der Waals surface area contributed by atoms with Gasteiger partial charge in [-0.15, -0.1) is 0 Å². The van der Waals surface area contributed by atoms with Crippen LogP contribution in [0.3, 0.4) is 0 Å². The summed E-state index contributed by atoms with van der Waals surface area (Å²) in [6.45, 7) is 0. The van der Waals surface area contributed by atoms with Crippen molar-refractivity contribution in [2.24, 2.45) is 0 Å². The summed E-state index contributed by atoms with van der Waals surface area (Å²) in [5, 5.41) is 0. The second-order valence-corrected chi connectivity index (χ2v) is 7.54. The van der Waals surface area contributed by atoms with Crippen LogP contribution in [-0.2, 0) is 6.42 Å². The summed E-state index contributed by atoms with van der Waals surface area (Å²) in [4.78, 5) is 0. The fourth-order valence-corrected chi connectivity index (χ4v) is 4.28. The number of hydrogen-bond acceptors (Lipinski definition) is 2. The van der Waals surface area contributed by atoms with Crippen molar-refractivity contribution in [2.45, 2.75) is 6.42 Å². The van der Waals surface area contributed by atoms with E-state index in [1.165, 1.54) is 0 Å². The summed E-state index contributed by atoms with van der Waals surface area (Å²) in [6, 6.07) is 8.10. The Morgan fingerprint density at radius 1 is 0.632 bits per heavy atom. The van der Waals surface area contributed by atoms with E-state index in [1.54, 1.807) is 0 Å². The first-order valence-electron chi connectivity index (χ1n) is 5.35. The van der Waals surface area contributed by atoms with E-state index in [9.17, 15) is 0 Å². The SMILES string of the molecule is Nc1c(Br)cc(Cc2cc(Br)c(N)c(Br)c2)cc1Br. The smallest absolute Gasteiger partial charge is 0.0603 e. The van der Waals surface area contributed by atoms with Gasteiger partial charge in [0, 0.05) is 17.9 Å². The number of nitrogen functional groups attached to an aromatic ring is 2. The lowest BCUT2D eigenvalue weighted by Gasteiger charge is -2.09. The van der Waals surface area contributed by atoms with Gasteiger partial charge in [0.1, 0.15) is 0 Å². The molecule has 19 heavy (non-hydrogen) atoms. The van der Waals surface area contributed by atoms with Crippen molar-refractivity contribution in [3.63, 3.8) is 0 Å². The Morgan fingerprint density at radius 3 is 1.16 bits per heavy atom. The lowest BCUT2D eigenvalue weighted by atomic mass is 10.0. The van der Waals surface area contributed by atoms with Crippen molar-refractivity contribution in [3.05, 3.63) is 53.3 Å². The highest BCUT2D eigenvalue weighted by molar-refractivity contribution is 9.11. The van der Waals surface area contributed by atoms with E-state index in [0.29, 0.717) is 11.4 Å². The third-order valence-corrected chi connectivity index (χ3v) is 5.31. The zero-order valence-electron chi connectivity index (χ0n) is 9.68. The van der Waals surface area contributed by atoms with E-state index >= 15 is 0 Å². The molecule has 0 bridgehead atoms. The van der Waals surface area contributed by atoms with E-state index in [1.807, 2.05) is 24.3 Å². The first-order valence-corrected chi connectivity index (χ1v) is 8.52. The first kappa shape index (κ1) is 15.4. The Labute approximate surface area is 145 Å². The summed E-state index contributed by atoms with van der Waals surface area (Å²) in [6.07, 6.45) is 0.801. The normalized spacial score (nSPS) is 10.7. The van der Waals surface area contributed by atoms with Gasteiger partial charge < -0.3 is 11.5 Å². The van der Waals surface area contributed by atoms with Gasteiger partial charge in [-0.3, -0.25) is 0 Å². The highest BCUT2D eigenvalue weighted by Crippen LogP contribution is 2.33. The van der Waals surface area contributed by atoms with Gasteiger partial charge in [0.25, 0.3) is 0 Å². The second kappa shape index (κ2) is 6.16. The maximum absolute atomic E-state index is 5.89. The molecule has 0 spiro atoms. The van der Waals surface area contributed by atoms with E-state index in [-0.39, 0.29) is 0 Å². The van der Waals surface area contributed by atoms with Crippen LogP contribution in [0.2, 0.25) is 0 Å². The van der Waals surface area contributed by atoms with Gasteiger partial charge in [-0.2, -0.15) is 0 Å². The highest BCUT2D eigenvalue weighted by Gasteiger charge is 2.08. The van der Waals surface area contributed by atoms with Crippen molar-refractivity contribution in [1.82, 2.24) is 0 Å². The first-order chi connectivity index (χ1) is 8.88. The van der Waals surface area contributed by atoms with Crippen LogP contribution in [0.4, 0.5) is 11.4 Å². The molecule has 0 saturated carbocycles. The Balaban J connectivity index is 2.36. The monoisotopic (exact) mass is 510 g/mol. The Morgan fingerprint density at radius 2 is 0.895 bits per heavy atom. The van der Waals surface area contributed by atoms with Crippen molar-refractivity contribution >= 4 is 75.1 Å². The Kier molecular flexibility index (Phi) is 4.98. The largest absolute Gasteiger partial charge is 0.397 e. The van der Waals surface area contributed by atoms with Gasteiger partial charge in [0.15, 0.2) is 0 Å². The van der Waals surface area contributed by atoms with Crippen LogP contribution in [0, 0.1) is 0 Å². The zero-order chi connectivity index (χ0) is 14.2. The van der Waals surface area contributed by atoms with Crippen LogP contribution in [0.15, 0.2) is 42.2 Å². The lowest BCUT2D eigenvalue weighted by Crippen LogP contribution is -1.95. The number of benzene rings is 2. The minimum Gasteiger partial charge on any atom is -0.397 e. The van der Waals surface area contributed by atoms with Crippen molar-refractivity contribution in [1.29, 1.82) is 0 Å². The summed E-state index contributed by atoms with van der Waals surface area (Å²) in [5.41, 5.74) is 15.5. The molecule has 0 aromatic heterocycles. The topological polar surface area (TPSA) is 52.0 Å². The average Bonchev–Trinajstić information content (AvgIpc) is 2.33. The average molecular weight is 514 g/mol. The van der Waals surface area contributed by atoms with Crippen LogP contribution < -0.4 is 11.5 Å². The molecule has 2 aromatic rings. The summed E-state index contributed by atoms with van der Waals surface area (Å²) in [5.74, 6) is 0. The summed E-state index contributed by atoms with van der Waals surface area (Å²) < 4.78 is 3.58. The molecule has 2 rings (SSSR count). The molecule has 0 amide bonds. The Hall–Kier alpha value is -0.0400. The fraction of sp³-hybridized carbons (Fsp3) is 0.0769. The molecule has 0 fully saturated rings. The summed E-state index contributed by atoms with van der Waals surface area (Å²) in [7, 11) is 0. The molecule has 6 heteroatoms. The second-order valence-electron chi connectivity index (χ2n) is 4.12. The van der Waals surface area contributed by atoms with Gasteiger partial charge in [-0.1, -0.05) is 0 Å². The molecule has 2 nitrogen and oxygen atoms in total. The molecule has 2 aromatic carbocycles. The molecule has 0 aliphatic rings. The third-order valence-electron chi connectivity index (χ3n) is 2.69. The van der Waals surface area contributed by atoms with Crippen LogP contribution in [-0.4, -0.2) is 0 Å². The van der Waals surface area contributed by atoms with Crippen LogP contribution in [0.1, 0.15) is 11.1 Å². The van der Waals surface area contributed by atoms with Crippen LogP contribution >= 0.6 is 63.7 Å². The molecule has 100 valence electrons. The zero-order valence-corrected chi connectivity index (χ0v) is 16.0. The van der Waals surface area contributed by atoms with Crippen molar-refractivity contribution < 1.29 is 0 Å². The molecule has 0 radical (unpaired) electrons. The molecule has 0 aliphatic carbocycles. The number of nitrogens with two attached hydrogens (primary N) is 2. The molecule has 0 saturated heterocycles. The predicted molar refractivity (Wildman–Crippen MR) is 95.3 cm³/mol. The molecular formula is C13H10Br4N2. The molecule has 0 atom stereocenters. The minimum atomic E-state index is 0.711. The van der Waals surface area contributed by atoms with E-state index in [2.05, 4.69) is 63.7 Å². The van der Waals surface area contributed by atoms with Crippen molar-refractivity contribution in [2.75, 3.05) is 11.5 Å². The predicted octanol–water partition coefficient (Wildman–Crippen LogP) is 5.49. The lowest BCUT2D eigenvalue weighted by molar-refractivity contribution is 1.18. The molecular weight excluding hydrogens is 504 g/mol. The van der Waals surface area contributed by atoms with Gasteiger partial charge in [0.2, 0.25) is 0 Å². The fourth-order valence-electron chi connectivity index (χ4n) is 1.71. The third kappa shape index (κ3) is 3.54. The van der Waals surface area contributed by atoms with Crippen LogP contribution in [0.5, 0.6) is 0 Å². The van der Waals surface area contributed by atoms with E-state index in [4.69, 9.17) is 11.5 Å². The Bertz CT molecular complexity index is 539. The molecule has 4 N–H and O–H groups in total. The minimum absolute atomic E-state index is 0.711. The number of anilines is 2. The van der Waals surface area contributed by atoms with Crippen LogP contribution in [0.25, 0.3) is 0 Å². The van der Waals surface area contributed by atoms with E-state index in [0.717, 1.165) is 35.4 Å². The highest BCUT2D eigenvalue weighted by atomic mass is 79.9.